The third-order valence-electron chi connectivity index (χ3n) is 7.53. The summed E-state index contributed by atoms with van der Waals surface area (Å²) in [6.07, 6.45) is -5.36. The van der Waals surface area contributed by atoms with Crippen LogP contribution in [-0.4, -0.2) is 35.2 Å². The molecule has 2 aromatic carbocycles. The Bertz CT molecular complexity index is 1340. The number of anilines is 1. The van der Waals surface area contributed by atoms with Crippen LogP contribution in [0.25, 0.3) is 0 Å². The van der Waals surface area contributed by atoms with Crippen molar-refractivity contribution in [1.29, 1.82) is 5.26 Å². The van der Waals surface area contributed by atoms with E-state index in [0.29, 0.717) is 6.07 Å². The van der Waals surface area contributed by atoms with Gasteiger partial charge in [0.2, 0.25) is 11.8 Å². The number of halogens is 3. The average Bonchev–Trinajstić information content (AvgIpc) is 3.37. The highest BCUT2D eigenvalue weighted by atomic mass is 19.4. The summed E-state index contributed by atoms with van der Waals surface area (Å²) in [5.41, 5.74) is -3.75. The Balaban J connectivity index is 1.39. The molecule has 11 heteroatoms. The van der Waals surface area contributed by atoms with Gasteiger partial charge in [-0.3, -0.25) is 9.59 Å². The number of imide groups is 1. The molecule has 2 bridgehead atoms. The zero-order valence-corrected chi connectivity index (χ0v) is 19.8. The van der Waals surface area contributed by atoms with E-state index in [1.807, 2.05) is 18.2 Å². The van der Waals surface area contributed by atoms with Gasteiger partial charge in [-0.1, -0.05) is 30.3 Å². The van der Waals surface area contributed by atoms with Crippen LogP contribution >= 0.6 is 0 Å². The minimum absolute atomic E-state index is 0.0334. The van der Waals surface area contributed by atoms with Gasteiger partial charge in [0.1, 0.15) is 6.61 Å². The highest BCUT2D eigenvalue weighted by molar-refractivity contribution is 6.23. The van der Waals surface area contributed by atoms with E-state index in [4.69, 9.17) is 14.7 Å². The highest BCUT2D eigenvalue weighted by Gasteiger charge is 2.76. The minimum atomic E-state index is -4.85. The quantitative estimate of drug-likeness (QED) is 0.621. The fraction of sp³-hybridized carbons (Fsp3) is 0.385. The summed E-state index contributed by atoms with van der Waals surface area (Å²) in [5, 5.41) is 11.8. The molecule has 0 saturated carbocycles. The van der Waals surface area contributed by atoms with Gasteiger partial charge in [-0.15, -0.1) is 0 Å². The lowest BCUT2D eigenvalue weighted by Crippen LogP contribution is -2.56. The van der Waals surface area contributed by atoms with Gasteiger partial charge in [0, 0.05) is 6.42 Å². The van der Waals surface area contributed by atoms with Gasteiger partial charge in [0.25, 0.3) is 0 Å². The Hall–Kier alpha value is -3.91. The summed E-state index contributed by atoms with van der Waals surface area (Å²) < 4.78 is 52.0. The maximum absolute atomic E-state index is 13.5. The number of amides is 3. The number of alkyl halides is 3. The molecule has 3 fully saturated rings. The van der Waals surface area contributed by atoms with E-state index in [9.17, 15) is 27.6 Å². The second kappa shape index (κ2) is 8.31. The van der Waals surface area contributed by atoms with Gasteiger partial charge in [0.05, 0.1) is 52.0 Å². The van der Waals surface area contributed by atoms with Crippen molar-refractivity contribution in [2.45, 2.75) is 50.3 Å². The predicted molar refractivity (Wildman–Crippen MR) is 122 cm³/mol. The number of benzene rings is 2. The number of carbonyl (C=O) groups excluding carboxylic acids is 3. The monoisotopic (exact) mass is 513 g/mol. The van der Waals surface area contributed by atoms with Crippen LogP contribution in [0.5, 0.6) is 0 Å². The van der Waals surface area contributed by atoms with Crippen molar-refractivity contribution in [1.82, 2.24) is 5.32 Å². The number of nitriles is 1. The topological polar surface area (TPSA) is 109 Å². The Kier molecular flexibility index (Phi) is 5.56. The van der Waals surface area contributed by atoms with E-state index >= 15 is 0 Å². The molecular weight excluding hydrogens is 491 g/mol. The molecule has 0 aromatic heterocycles. The molecule has 1 N–H and O–H groups in total. The average molecular weight is 513 g/mol. The van der Waals surface area contributed by atoms with E-state index in [1.165, 1.54) is 6.07 Å². The van der Waals surface area contributed by atoms with Crippen molar-refractivity contribution in [3.63, 3.8) is 0 Å². The Labute approximate surface area is 209 Å². The SMILES string of the molecule is C[C@@]12O[C@@](C)(C[C@@H]1NC(=O)OCc1ccccc1)[C@@H]1C(=O)N(c3ccc(C#N)c(C(F)(F)F)c3)C(=O)[C@@H]12. The molecule has 3 aliphatic rings. The maximum atomic E-state index is 13.5. The summed E-state index contributed by atoms with van der Waals surface area (Å²) in [7, 11) is 0. The third-order valence-corrected chi connectivity index (χ3v) is 7.53. The molecule has 8 nitrogen and oxygen atoms in total. The maximum Gasteiger partial charge on any atom is 0.417 e. The second-order valence-corrected chi connectivity index (χ2v) is 9.87. The highest BCUT2D eigenvalue weighted by Crippen LogP contribution is 2.61. The van der Waals surface area contributed by atoms with Crippen molar-refractivity contribution in [3.8, 4) is 6.07 Å². The molecule has 3 saturated heterocycles. The minimum Gasteiger partial charge on any atom is -0.445 e. The van der Waals surface area contributed by atoms with Crippen molar-refractivity contribution in [2.75, 3.05) is 4.90 Å². The summed E-state index contributed by atoms with van der Waals surface area (Å²) in [6, 6.07) is 12.6. The fourth-order valence-corrected chi connectivity index (χ4v) is 5.91. The van der Waals surface area contributed by atoms with Gasteiger partial charge in [-0.25, -0.2) is 9.69 Å². The zero-order chi connectivity index (χ0) is 26.8. The first-order valence-corrected chi connectivity index (χ1v) is 11.6. The summed E-state index contributed by atoms with van der Waals surface area (Å²) >= 11 is 0. The van der Waals surface area contributed by atoms with E-state index < -0.39 is 64.3 Å². The molecule has 192 valence electrons. The lowest BCUT2D eigenvalue weighted by molar-refractivity contribution is -0.138. The molecule has 3 aliphatic heterocycles. The standard InChI is InChI=1S/C26H22F3N3O5/c1-24-11-18(31-23(35)36-13-14-6-4-3-5-7-14)25(2,37-24)20-19(24)21(33)32(22(20)34)16-9-8-15(12-30)17(10-16)26(27,28)29/h3-10,18-20H,11,13H2,1-2H3,(H,31,35)/t18-,19-,20+,24-,25+/m0/s1. The van der Waals surface area contributed by atoms with Crippen LogP contribution in [0.2, 0.25) is 0 Å². The largest absolute Gasteiger partial charge is 0.445 e. The lowest BCUT2D eigenvalue weighted by atomic mass is 9.66. The number of nitrogens with zero attached hydrogens (tertiary/aromatic N) is 2. The molecule has 5 rings (SSSR count). The number of ether oxygens (including phenoxy) is 2. The van der Waals surface area contributed by atoms with Gasteiger partial charge in [-0.2, -0.15) is 18.4 Å². The van der Waals surface area contributed by atoms with Crippen molar-refractivity contribution < 1.29 is 37.0 Å². The molecule has 0 radical (unpaired) electrons. The van der Waals surface area contributed by atoms with Crippen LogP contribution in [0.15, 0.2) is 48.5 Å². The Morgan fingerprint density at radius 3 is 2.49 bits per heavy atom. The molecule has 3 amide bonds. The first-order valence-electron chi connectivity index (χ1n) is 11.6. The molecule has 0 aliphatic carbocycles. The number of alkyl carbamates (subject to hydrolysis) is 1. The fourth-order valence-electron chi connectivity index (χ4n) is 5.91. The van der Waals surface area contributed by atoms with Gasteiger partial charge >= 0.3 is 12.3 Å². The molecule has 5 atom stereocenters. The van der Waals surface area contributed by atoms with Crippen LogP contribution in [-0.2, 0) is 31.8 Å². The number of hydrogen-bond donors (Lipinski definition) is 1. The number of nitrogens with one attached hydrogen (secondary N) is 1. The smallest absolute Gasteiger partial charge is 0.417 e. The van der Waals surface area contributed by atoms with Crippen molar-refractivity contribution in [3.05, 3.63) is 65.2 Å². The first kappa shape index (κ1) is 24.8. The van der Waals surface area contributed by atoms with Gasteiger partial charge in [-0.05, 0) is 37.6 Å². The number of hydrogen-bond acceptors (Lipinski definition) is 6. The van der Waals surface area contributed by atoms with E-state index in [2.05, 4.69) is 5.32 Å². The van der Waals surface area contributed by atoms with Gasteiger partial charge < -0.3 is 14.8 Å². The molecule has 2 aromatic rings. The van der Waals surface area contributed by atoms with E-state index in [0.717, 1.165) is 22.6 Å². The Morgan fingerprint density at radius 2 is 1.84 bits per heavy atom. The number of rotatable bonds is 4. The molecule has 3 heterocycles. The molecule has 0 spiro atoms. The summed E-state index contributed by atoms with van der Waals surface area (Å²) in [6.45, 7) is 3.30. The van der Waals surface area contributed by atoms with Crippen LogP contribution < -0.4 is 10.2 Å². The van der Waals surface area contributed by atoms with E-state index in [-0.39, 0.29) is 18.7 Å². The third kappa shape index (κ3) is 3.83. The van der Waals surface area contributed by atoms with Crippen molar-refractivity contribution in [2.24, 2.45) is 11.8 Å². The van der Waals surface area contributed by atoms with E-state index in [1.54, 1.807) is 26.0 Å². The predicted octanol–water partition coefficient (Wildman–Crippen LogP) is 3.93. The first-order chi connectivity index (χ1) is 17.4. The summed E-state index contributed by atoms with van der Waals surface area (Å²) in [4.78, 5) is 40.2. The van der Waals surface area contributed by atoms with Crippen LogP contribution in [0.3, 0.4) is 0 Å². The van der Waals surface area contributed by atoms with Crippen molar-refractivity contribution >= 4 is 23.6 Å². The molecule has 0 unspecified atom stereocenters. The zero-order valence-electron chi connectivity index (χ0n) is 19.8. The van der Waals surface area contributed by atoms with Crippen LogP contribution in [0, 0.1) is 23.2 Å². The van der Waals surface area contributed by atoms with Crippen LogP contribution in [0.1, 0.15) is 37.0 Å². The number of fused-ring (bicyclic) bond motifs is 5. The molecular formula is C26H22F3N3O5. The second-order valence-electron chi connectivity index (χ2n) is 9.87. The summed E-state index contributed by atoms with van der Waals surface area (Å²) in [5.74, 6) is -3.36. The lowest BCUT2D eigenvalue weighted by Gasteiger charge is -2.35. The van der Waals surface area contributed by atoms with Gasteiger partial charge in [0.15, 0.2) is 0 Å². The Morgan fingerprint density at radius 1 is 1.16 bits per heavy atom. The molecule has 37 heavy (non-hydrogen) atoms. The normalized spacial score (nSPS) is 30.3. The number of carbonyl (C=O) groups is 3. The van der Waals surface area contributed by atoms with Crippen LogP contribution in [0.4, 0.5) is 23.7 Å².